The van der Waals surface area contributed by atoms with Gasteiger partial charge in [-0.3, -0.25) is 5.10 Å². The lowest BCUT2D eigenvalue weighted by molar-refractivity contribution is 0.122. The summed E-state index contributed by atoms with van der Waals surface area (Å²) in [6.07, 6.45) is 1.16. The van der Waals surface area contributed by atoms with Crippen LogP contribution in [0.15, 0.2) is 58.5 Å². The average molecular weight is 528 g/mol. The molecule has 0 bridgehead atoms. The largest absolute Gasteiger partial charge is 0.378 e. The number of morpholine rings is 1. The lowest BCUT2D eigenvalue weighted by Crippen LogP contribution is -2.37. The molecule has 0 saturated carbocycles. The van der Waals surface area contributed by atoms with Gasteiger partial charge >= 0.3 is 0 Å². The standard InChI is InChI=1S/C24H25N5O5S2/c1-16-3-6-19(7-4-16)36(32,33)24-20-13-17(5-8-21(20)27-28-24)23-25-18(15-35(2,30)31)14-22(26-23)29-9-11-34-12-10-29/h3-8,13-14H,9-12,15H2,1-2H3,(H,27,28). The molecular weight excluding hydrogens is 502 g/mol. The van der Waals surface area contributed by atoms with Gasteiger partial charge in [0.1, 0.15) is 5.82 Å². The predicted octanol–water partition coefficient (Wildman–Crippen LogP) is 2.54. The fourth-order valence-electron chi connectivity index (χ4n) is 4.08. The van der Waals surface area contributed by atoms with Crippen LogP contribution in [-0.4, -0.2) is 69.6 Å². The third-order valence-corrected chi connectivity index (χ3v) is 8.45. The number of sulfone groups is 2. The Morgan fingerprint density at radius 3 is 2.39 bits per heavy atom. The van der Waals surface area contributed by atoms with Crippen LogP contribution in [0.4, 0.5) is 5.82 Å². The van der Waals surface area contributed by atoms with E-state index in [-0.39, 0.29) is 15.7 Å². The second-order valence-corrected chi connectivity index (χ2v) is 12.8. The number of aromatic amines is 1. The van der Waals surface area contributed by atoms with E-state index < -0.39 is 19.7 Å². The molecule has 36 heavy (non-hydrogen) atoms. The number of rotatable bonds is 6. The number of hydrogen-bond donors (Lipinski definition) is 1. The zero-order chi connectivity index (χ0) is 25.5. The molecule has 1 aliphatic heterocycles. The maximum Gasteiger partial charge on any atom is 0.223 e. The molecule has 0 amide bonds. The minimum Gasteiger partial charge on any atom is -0.378 e. The summed E-state index contributed by atoms with van der Waals surface area (Å²) in [5.74, 6) is 0.669. The Labute approximate surface area is 209 Å². The smallest absolute Gasteiger partial charge is 0.223 e. The van der Waals surface area contributed by atoms with Crippen molar-refractivity contribution in [3.63, 3.8) is 0 Å². The van der Waals surface area contributed by atoms with Crippen LogP contribution in [0.3, 0.4) is 0 Å². The summed E-state index contributed by atoms with van der Waals surface area (Å²) in [7, 11) is -7.19. The SMILES string of the molecule is Cc1ccc(S(=O)(=O)c2[nH]nc3ccc(-c4nc(CS(C)(=O)=O)cc(N5CCOCC5)n4)cc23)cc1. The molecule has 12 heteroatoms. The number of fused-ring (bicyclic) bond motifs is 1. The molecule has 3 heterocycles. The van der Waals surface area contributed by atoms with Crippen LogP contribution in [-0.2, 0) is 30.2 Å². The Bertz CT molecular complexity index is 1640. The van der Waals surface area contributed by atoms with Gasteiger partial charge in [-0.15, -0.1) is 0 Å². The van der Waals surface area contributed by atoms with E-state index in [0.29, 0.717) is 60.1 Å². The molecule has 2 aromatic carbocycles. The van der Waals surface area contributed by atoms with E-state index in [1.165, 1.54) is 0 Å². The molecule has 0 atom stereocenters. The van der Waals surface area contributed by atoms with Gasteiger partial charge in [0.15, 0.2) is 20.7 Å². The summed E-state index contributed by atoms with van der Waals surface area (Å²) in [5.41, 5.74) is 2.34. The van der Waals surface area contributed by atoms with Crippen molar-refractivity contribution in [2.75, 3.05) is 37.5 Å². The number of hydrogen-bond acceptors (Lipinski definition) is 9. The molecule has 10 nitrogen and oxygen atoms in total. The number of nitrogens with one attached hydrogen (secondary N) is 1. The monoisotopic (exact) mass is 527 g/mol. The molecule has 0 radical (unpaired) electrons. The Kier molecular flexibility index (Phi) is 6.27. The fourth-order valence-corrected chi connectivity index (χ4v) is 6.11. The van der Waals surface area contributed by atoms with Crippen molar-refractivity contribution in [1.82, 2.24) is 20.2 Å². The Morgan fingerprint density at radius 1 is 0.972 bits per heavy atom. The number of ether oxygens (including phenoxy) is 1. The zero-order valence-electron chi connectivity index (χ0n) is 19.8. The van der Waals surface area contributed by atoms with Crippen LogP contribution in [0.1, 0.15) is 11.3 Å². The van der Waals surface area contributed by atoms with E-state index in [4.69, 9.17) is 9.72 Å². The van der Waals surface area contributed by atoms with E-state index >= 15 is 0 Å². The molecule has 1 fully saturated rings. The van der Waals surface area contributed by atoms with Crippen molar-refractivity contribution in [2.45, 2.75) is 22.6 Å². The number of benzene rings is 2. The summed E-state index contributed by atoms with van der Waals surface area (Å²) in [6, 6.07) is 13.4. The first-order valence-electron chi connectivity index (χ1n) is 11.3. The van der Waals surface area contributed by atoms with Gasteiger partial charge in [0.25, 0.3) is 0 Å². The van der Waals surface area contributed by atoms with Crippen LogP contribution in [0.2, 0.25) is 0 Å². The summed E-state index contributed by atoms with van der Waals surface area (Å²) >= 11 is 0. The summed E-state index contributed by atoms with van der Waals surface area (Å²) in [5, 5.41) is 7.22. The lowest BCUT2D eigenvalue weighted by Gasteiger charge is -2.28. The maximum atomic E-state index is 13.4. The molecule has 1 saturated heterocycles. The first-order valence-corrected chi connectivity index (χ1v) is 14.8. The summed E-state index contributed by atoms with van der Waals surface area (Å²) < 4.78 is 56.2. The maximum absolute atomic E-state index is 13.4. The molecule has 2 aromatic heterocycles. The van der Waals surface area contributed by atoms with E-state index in [9.17, 15) is 16.8 Å². The minimum absolute atomic E-state index is 0.0242. The van der Waals surface area contributed by atoms with Crippen molar-refractivity contribution in [2.24, 2.45) is 0 Å². The highest BCUT2D eigenvalue weighted by atomic mass is 32.2. The third-order valence-electron chi connectivity index (χ3n) is 5.89. The quantitative estimate of drug-likeness (QED) is 0.401. The van der Waals surface area contributed by atoms with Gasteiger partial charge < -0.3 is 9.64 Å². The van der Waals surface area contributed by atoms with E-state index in [0.717, 1.165) is 11.8 Å². The van der Waals surface area contributed by atoms with E-state index in [2.05, 4.69) is 15.2 Å². The van der Waals surface area contributed by atoms with Crippen molar-refractivity contribution < 1.29 is 21.6 Å². The van der Waals surface area contributed by atoms with Crippen molar-refractivity contribution in [3.8, 4) is 11.4 Å². The van der Waals surface area contributed by atoms with Crippen LogP contribution in [0.25, 0.3) is 22.3 Å². The second-order valence-electron chi connectivity index (χ2n) is 8.81. The van der Waals surface area contributed by atoms with Crippen LogP contribution >= 0.6 is 0 Å². The topological polar surface area (TPSA) is 135 Å². The van der Waals surface area contributed by atoms with Gasteiger partial charge in [-0.1, -0.05) is 17.7 Å². The normalized spacial score (nSPS) is 14.9. The van der Waals surface area contributed by atoms with Gasteiger partial charge in [-0.2, -0.15) is 5.10 Å². The molecule has 188 valence electrons. The Morgan fingerprint density at radius 2 is 1.69 bits per heavy atom. The van der Waals surface area contributed by atoms with Crippen LogP contribution < -0.4 is 4.90 Å². The molecule has 1 N–H and O–H groups in total. The lowest BCUT2D eigenvalue weighted by atomic mass is 10.1. The van der Waals surface area contributed by atoms with E-state index in [1.54, 1.807) is 48.5 Å². The zero-order valence-corrected chi connectivity index (χ0v) is 21.4. The van der Waals surface area contributed by atoms with Gasteiger partial charge in [-0.05, 0) is 37.3 Å². The van der Waals surface area contributed by atoms with Crippen molar-refractivity contribution >= 4 is 36.4 Å². The van der Waals surface area contributed by atoms with Gasteiger partial charge in [0, 0.05) is 36.4 Å². The fraction of sp³-hybridized carbons (Fsp3) is 0.292. The van der Waals surface area contributed by atoms with E-state index in [1.807, 2.05) is 11.8 Å². The highest BCUT2D eigenvalue weighted by molar-refractivity contribution is 7.91. The van der Waals surface area contributed by atoms with Gasteiger partial charge in [0.2, 0.25) is 9.84 Å². The number of nitrogens with zero attached hydrogens (tertiary/aromatic N) is 4. The first-order chi connectivity index (χ1) is 17.1. The van der Waals surface area contributed by atoms with Crippen LogP contribution in [0, 0.1) is 6.92 Å². The van der Waals surface area contributed by atoms with Gasteiger partial charge in [0.05, 0.1) is 35.1 Å². The molecule has 0 unspecified atom stereocenters. The average Bonchev–Trinajstić information content (AvgIpc) is 3.28. The number of aryl methyl sites for hydroxylation is 1. The second kappa shape index (κ2) is 9.26. The third kappa shape index (κ3) is 4.97. The van der Waals surface area contributed by atoms with Crippen LogP contribution in [0.5, 0.6) is 0 Å². The van der Waals surface area contributed by atoms with Crippen molar-refractivity contribution in [1.29, 1.82) is 0 Å². The molecule has 1 aliphatic rings. The number of anilines is 1. The predicted molar refractivity (Wildman–Crippen MR) is 135 cm³/mol. The minimum atomic E-state index is -3.86. The van der Waals surface area contributed by atoms with Crippen molar-refractivity contribution in [3.05, 3.63) is 59.8 Å². The molecule has 5 rings (SSSR count). The molecule has 4 aromatic rings. The molecule has 0 aliphatic carbocycles. The number of H-pyrrole nitrogens is 1. The Balaban J connectivity index is 1.62. The highest BCUT2D eigenvalue weighted by Gasteiger charge is 2.24. The highest BCUT2D eigenvalue weighted by Crippen LogP contribution is 2.30. The summed E-state index contributed by atoms with van der Waals surface area (Å²) in [6.45, 7) is 4.21. The summed E-state index contributed by atoms with van der Waals surface area (Å²) in [4.78, 5) is 11.4. The molecule has 0 spiro atoms. The first kappa shape index (κ1) is 24.3. The molecular formula is C24H25N5O5S2. The number of aromatic nitrogens is 4. The Hall–Kier alpha value is -3.35. The van der Waals surface area contributed by atoms with Gasteiger partial charge in [-0.25, -0.2) is 26.8 Å².